The zero-order chi connectivity index (χ0) is 17.3. The zero-order valence-electron chi connectivity index (χ0n) is 14.8. The summed E-state index contributed by atoms with van der Waals surface area (Å²) in [5, 5.41) is 3.61. The van der Waals surface area contributed by atoms with Crippen LogP contribution in [-0.2, 0) is 0 Å². The molecule has 2 N–H and O–H groups in total. The van der Waals surface area contributed by atoms with E-state index in [0.29, 0.717) is 0 Å². The highest BCUT2D eigenvalue weighted by Crippen LogP contribution is 2.47. The molecule has 0 aromatic heterocycles. The number of hydrogen-bond donors (Lipinski definition) is 2. The van der Waals surface area contributed by atoms with Gasteiger partial charge in [0.15, 0.2) is 0 Å². The Kier molecular flexibility index (Phi) is 4.63. The fourth-order valence-electron chi connectivity index (χ4n) is 3.90. The first-order valence-electron chi connectivity index (χ1n) is 8.51. The predicted octanol–water partition coefficient (Wildman–Crippen LogP) is 4.73. The van der Waals surface area contributed by atoms with E-state index in [4.69, 9.17) is 4.84 Å². The van der Waals surface area contributed by atoms with Gasteiger partial charge in [0.2, 0.25) is 0 Å². The third-order valence-electron chi connectivity index (χ3n) is 4.80. The van der Waals surface area contributed by atoms with Crippen LogP contribution in [0.4, 0.5) is 0 Å². The molecule has 1 aliphatic carbocycles. The topological polar surface area (TPSA) is 33.3 Å². The monoisotopic (exact) mass is 322 g/mol. The van der Waals surface area contributed by atoms with Gasteiger partial charge >= 0.3 is 0 Å². The average Bonchev–Trinajstić information content (AvgIpc) is 2.54. The first-order chi connectivity index (χ1) is 11.5. The number of dihydropyridines is 1. The van der Waals surface area contributed by atoms with E-state index >= 15 is 0 Å². The second-order valence-corrected chi connectivity index (χ2v) is 6.61. The molecular formula is C21H26N2O. The predicted molar refractivity (Wildman–Crippen MR) is 99.5 cm³/mol. The maximum Gasteiger partial charge on any atom is 0.147 e. The molecule has 1 aliphatic heterocycles. The fourth-order valence-corrected chi connectivity index (χ4v) is 3.90. The molecule has 0 bridgehead atoms. The summed E-state index contributed by atoms with van der Waals surface area (Å²) in [6.07, 6.45) is 3.31. The Morgan fingerprint density at radius 2 is 2.12 bits per heavy atom. The van der Waals surface area contributed by atoms with Gasteiger partial charge in [0.05, 0.1) is 0 Å². The quantitative estimate of drug-likeness (QED) is 0.786. The molecule has 0 amide bonds. The summed E-state index contributed by atoms with van der Waals surface area (Å²) in [6, 6.07) is 8.28. The van der Waals surface area contributed by atoms with Crippen molar-refractivity contribution in [3.63, 3.8) is 0 Å². The minimum atomic E-state index is 0.173. The van der Waals surface area contributed by atoms with Crippen molar-refractivity contribution in [2.24, 2.45) is 0 Å². The van der Waals surface area contributed by atoms with Gasteiger partial charge in [-0.1, -0.05) is 30.9 Å². The molecule has 3 rings (SSSR count). The van der Waals surface area contributed by atoms with Crippen molar-refractivity contribution in [2.45, 2.75) is 39.0 Å². The van der Waals surface area contributed by atoms with Gasteiger partial charge in [-0.15, -0.1) is 0 Å². The van der Waals surface area contributed by atoms with E-state index in [-0.39, 0.29) is 5.92 Å². The van der Waals surface area contributed by atoms with Crippen LogP contribution in [0.5, 0.6) is 5.75 Å². The number of benzene rings is 1. The highest BCUT2D eigenvalue weighted by atomic mass is 16.6. The van der Waals surface area contributed by atoms with E-state index in [1.807, 2.05) is 12.1 Å². The van der Waals surface area contributed by atoms with Gasteiger partial charge in [-0.3, -0.25) is 0 Å². The first-order valence-corrected chi connectivity index (χ1v) is 8.51. The van der Waals surface area contributed by atoms with Gasteiger partial charge in [-0.05, 0) is 67.5 Å². The second kappa shape index (κ2) is 6.70. The maximum atomic E-state index is 5.48. The van der Waals surface area contributed by atoms with Gasteiger partial charge in [-0.25, -0.2) is 0 Å². The first kappa shape index (κ1) is 16.6. The zero-order valence-corrected chi connectivity index (χ0v) is 14.8. The molecule has 0 radical (unpaired) electrons. The SMILES string of the molecule is C=C(C)C1=C(C)NC2=C(C(=C)CCC2)C1c1cccc(ONC)c1. The number of nitrogens with one attached hydrogen (secondary N) is 2. The lowest BCUT2D eigenvalue weighted by atomic mass is 9.72. The third kappa shape index (κ3) is 2.92. The summed E-state index contributed by atoms with van der Waals surface area (Å²) in [4.78, 5) is 5.48. The second-order valence-electron chi connectivity index (χ2n) is 6.61. The summed E-state index contributed by atoms with van der Waals surface area (Å²) in [6.45, 7) is 12.8. The smallest absolute Gasteiger partial charge is 0.147 e. The largest absolute Gasteiger partial charge is 0.409 e. The van der Waals surface area contributed by atoms with E-state index < -0.39 is 0 Å². The molecule has 3 nitrogen and oxygen atoms in total. The van der Waals surface area contributed by atoms with E-state index in [2.05, 4.69) is 49.9 Å². The van der Waals surface area contributed by atoms with Crippen LogP contribution in [0.15, 0.2) is 71.1 Å². The van der Waals surface area contributed by atoms with Gasteiger partial charge < -0.3 is 10.2 Å². The average molecular weight is 322 g/mol. The van der Waals surface area contributed by atoms with Crippen molar-refractivity contribution in [3.8, 4) is 5.75 Å². The third-order valence-corrected chi connectivity index (χ3v) is 4.80. The van der Waals surface area contributed by atoms with Crippen molar-refractivity contribution in [1.29, 1.82) is 0 Å². The number of hydroxylamine groups is 1. The molecule has 0 spiro atoms. The Labute approximate surface area is 144 Å². The minimum absolute atomic E-state index is 0.173. The summed E-state index contributed by atoms with van der Waals surface area (Å²) in [5.74, 6) is 0.989. The van der Waals surface area contributed by atoms with Crippen molar-refractivity contribution < 1.29 is 4.84 Å². The van der Waals surface area contributed by atoms with Crippen LogP contribution in [0.1, 0.15) is 44.6 Å². The summed E-state index contributed by atoms with van der Waals surface area (Å²) >= 11 is 0. The number of allylic oxidation sites excluding steroid dienone is 6. The molecule has 1 atom stereocenters. The van der Waals surface area contributed by atoms with E-state index in [9.17, 15) is 0 Å². The van der Waals surface area contributed by atoms with Crippen LogP contribution in [0.3, 0.4) is 0 Å². The van der Waals surface area contributed by atoms with Crippen molar-refractivity contribution >= 4 is 0 Å². The molecule has 0 fully saturated rings. The lowest BCUT2D eigenvalue weighted by Crippen LogP contribution is -2.28. The van der Waals surface area contributed by atoms with E-state index in [1.54, 1.807) is 7.05 Å². The number of hydrogen-bond acceptors (Lipinski definition) is 3. The highest BCUT2D eigenvalue weighted by molar-refractivity contribution is 5.58. The molecule has 1 heterocycles. The Hall–Kier alpha value is -2.26. The lowest BCUT2D eigenvalue weighted by molar-refractivity contribution is 0.223. The van der Waals surface area contributed by atoms with Gasteiger partial charge in [0.25, 0.3) is 0 Å². The Bertz CT molecular complexity index is 755. The van der Waals surface area contributed by atoms with E-state index in [1.165, 1.54) is 33.7 Å². The molecule has 1 unspecified atom stereocenters. The molecule has 0 saturated heterocycles. The molecular weight excluding hydrogens is 296 g/mol. The Morgan fingerprint density at radius 3 is 2.83 bits per heavy atom. The summed E-state index contributed by atoms with van der Waals surface area (Å²) in [7, 11) is 1.77. The van der Waals surface area contributed by atoms with Crippen molar-refractivity contribution in [1.82, 2.24) is 10.8 Å². The van der Waals surface area contributed by atoms with Crippen molar-refractivity contribution in [3.05, 3.63) is 76.7 Å². The number of rotatable bonds is 4. The van der Waals surface area contributed by atoms with Crippen molar-refractivity contribution in [2.75, 3.05) is 7.05 Å². The summed E-state index contributed by atoms with van der Waals surface area (Å²) < 4.78 is 0. The minimum Gasteiger partial charge on any atom is -0.409 e. The van der Waals surface area contributed by atoms with Crippen LogP contribution >= 0.6 is 0 Å². The Morgan fingerprint density at radius 1 is 1.33 bits per heavy atom. The molecule has 24 heavy (non-hydrogen) atoms. The van der Waals surface area contributed by atoms with Gasteiger partial charge in [0, 0.05) is 24.4 Å². The van der Waals surface area contributed by atoms with Crippen LogP contribution < -0.4 is 15.6 Å². The maximum absolute atomic E-state index is 5.48. The van der Waals surface area contributed by atoms with E-state index in [0.717, 1.165) is 30.6 Å². The molecule has 3 heteroatoms. The standard InChI is InChI=1S/C21H26N2O/c1-13(2)19-15(4)23-18-11-6-8-14(3)20(18)21(19)16-9-7-10-17(12-16)24-22-5/h7,9-10,12,21-23H,1,3,6,8,11H2,2,4-5H3. The molecule has 2 aliphatic rings. The van der Waals surface area contributed by atoms with Crippen LogP contribution in [-0.4, -0.2) is 7.05 Å². The van der Waals surface area contributed by atoms with Gasteiger partial charge in [-0.2, -0.15) is 5.48 Å². The highest BCUT2D eigenvalue weighted by Gasteiger charge is 2.33. The normalized spacial score (nSPS) is 20.6. The summed E-state index contributed by atoms with van der Waals surface area (Å²) in [5.41, 5.74) is 11.4. The molecule has 126 valence electrons. The molecule has 1 aromatic carbocycles. The van der Waals surface area contributed by atoms with Gasteiger partial charge in [0.1, 0.15) is 5.75 Å². The molecule has 0 saturated carbocycles. The molecule has 1 aromatic rings. The fraction of sp³-hybridized carbons (Fsp3) is 0.333. The van der Waals surface area contributed by atoms with Crippen LogP contribution in [0, 0.1) is 0 Å². The van der Waals surface area contributed by atoms with Crippen LogP contribution in [0.25, 0.3) is 0 Å². The lowest BCUT2D eigenvalue weighted by Gasteiger charge is -2.37. The Balaban J connectivity index is 2.16. The van der Waals surface area contributed by atoms with Crippen LogP contribution in [0.2, 0.25) is 0 Å².